The number of ether oxygens (including phenoxy) is 2. The monoisotopic (exact) mass is 433 g/mol. The number of carbonyl (C=O) groups excluding carboxylic acids is 1. The molecule has 1 amide bonds. The van der Waals surface area contributed by atoms with Crippen molar-refractivity contribution >= 4 is 24.9 Å². The van der Waals surface area contributed by atoms with Crippen LogP contribution >= 0.6 is 12.8 Å². The molecule has 0 saturated heterocycles. The molecule has 0 aromatic heterocycles. The van der Waals surface area contributed by atoms with Gasteiger partial charge in [0, 0.05) is 5.92 Å². The summed E-state index contributed by atoms with van der Waals surface area (Å²) >= 11 is 4.19. The Morgan fingerprint density at radius 3 is 2.23 bits per heavy atom. The number of amides is 1. The van der Waals surface area contributed by atoms with Gasteiger partial charge >= 0.3 is 12.1 Å². The molecule has 1 unspecified atom stereocenters. The summed E-state index contributed by atoms with van der Waals surface area (Å²) in [5.74, 6) is -1.27. The number of para-hydroxylation sites is 1. The van der Waals surface area contributed by atoms with Crippen molar-refractivity contribution in [2.75, 3.05) is 7.11 Å². The van der Waals surface area contributed by atoms with E-state index in [9.17, 15) is 19.8 Å². The van der Waals surface area contributed by atoms with Crippen LogP contribution in [0, 0.1) is 0 Å². The van der Waals surface area contributed by atoms with Gasteiger partial charge in [0.2, 0.25) is 0 Å². The Bertz CT molecular complexity index is 878. The van der Waals surface area contributed by atoms with Gasteiger partial charge < -0.3 is 19.7 Å². The van der Waals surface area contributed by atoms with Gasteiger partial charge in [-0.05, 0) is 56.5 Å². The third-order valence-electron chi connectivity index (χ3n) is 4.43. The second kappa shape index (κ2) is 9.75. The summed E-state index contributed by atoms with van der Waals surface area (Å²) in [5, 5.41) is 19.6. The number of aliphatic carboxylic acids is 1. The van der Waals surface area contributed by atoms with E-state index in [1.165, 1.54) is 19.2 Å². The van der Waals surface area contributed by atoms with Crippen LogP contribution in [0.5, 0.6) is 11.5 Å². The lowest BCUT2D eigenvalue weighted by Crippen LogP contribution is -2.45. The number of hydrogen-bond acceptors (Lipinski definition) is 6. The number of phenolic OH excluding ortho intramolecular Hbond substituents is 1. The molecule has 2 atom stereocenters. The molecule has 7 nitrogen and oxygen atoms in total. The smallest absolute Gasteiger partial charge is 0.421 e. The van der Waals surface area contributed by atoms with Crippen LogP contribution in [0.4, 0.5) is 4.79 Å². The van der Waals surface area contributed by atoms with Crippen LogP contribution in [0.2, 0.25) is 0 Å². The first-order valence-corrected chi connectivity index (χ1v) is 9.78. The van der Waals surface area contributed by atoms with E-state index in [1.807, 2.05) is 18.2 Å². The number of carboxylic acid groups (broad SMARTS) is 1. The highest BCUT2D eigenvalue weighted by Gasteiger charge is 2.38. The molecule has 0 bridgehead atoms. The first-order valence-electron chi connectivity index (χ1n) is 9.38. The van der Waals surface area contributed by atoms with E-state index in [1.54, 1.807) is 39.0 Å². The molecule has 2 aromatic carbocycles. The van der Waals surface area contributed by atoms with Gasteiger partial charge in [0.15, 0.2) is 6.04 Å². The van der Waals surface area contributed by atoms with Crippen molar-refractivity contribution in [1.29, 1.82) is 0 Å². The lowest BCUT2D eigenvalue weighted by Gasteiger charge is -2.32. The number of methoxy groups -OCH3 is 1. The van der Waals surface area contributed by atoms with E-state index >= 15 is 0 Å². The minimum atomic E-state index is -1.34. The molecule has 0 radical (unpaired) electrons. The average molecular weight is 434 g/mol. The number of nitrogens with zero attached hydrogens (tertiary/aromatic N) is 1. The molecule has 0 aliphatic rings. The van der Waals surface area contributed by atoms with E-state index < -0.39 is 29.6 Å². The maximum atomic E-state index is 12.6. The van der Waals surface area contributed by atoms with Crippen molar-refractivity contribution in [1.82, 2.24) is 4.31 Å². The highest BCUT2D eigenvalue weighted by atomic mass is 32.1. The van der Waals surface area contributed by atoms with Crippen molar-refractivity contribution in [3.05, 3.63) is 59.7 Å². The molecular formula is C22H27NO6S. The zero-order chi connectivity index (χ0) is 22.5. The first kappa shape index (κ1) is 23.4. The van der Waals surface area contributed by atoms with E-state index in [0.29, 0.717) is 11.3 Å². The van der Waals surface area contributed by atoms with Gasteiger partial charge in [-0.2, -0.15) is 0 Å². The minimum absolute atomic E-state index is 0.0524. The fourth-order valence-electron chi connectivity index (χ4n) is 3.11. The zero-order valence-corrected chi connectivity index (χ0v) is 18.3. The van der Waals surface area contributed by atoms with Crippen molar-refractivity contribution in [3.8, 4) is 11.5 Å². The van der Waals surface area contributed by atoms with E-state index in [2.05, 4.69) is 12.8 Å². The fraction of sp³-hybridized carbons (Fsp3) is 0.364. The molecule has 0 heterocycles. The van der Waals surface area contributed by atoms with E-state index in [0.717, 1.165) is 9.87 Å². The topological polar surface area (TPSA) is 96.3 Å². The van der Waals surface area contributed by atoms with Crippen LogP contribution in [0.3, 0.4) is 0 Å². The molecule has 2 N–H and O–H groups in total. The van der Waals surface area contributed by atoms with Gasteiger partial charge in [-0.25, -0.2) is 13.9 Å². The third kappa shape index (κ3) is 6.06. The lowest BCUT2D eigenvalue weighted by atomic mass is 9.85. The quantitative estimate of drug-likeness (QED) is 0.565. The number of phenols is 1. The van der Waals surface area contributed by atoms with Gasteiger partial charge in [-0.15, -0.1) is 0 Å². The Morgan fingerprint density at radius 1 is 1.10 bits per heavy atom. The largest absolute Gasteiger partial charge is 0.508 e. The lowest BCUT2D eigenvalue weighted by molar-refractivity contribution is -0.142. The highest BCUT2D eigenvalue weighted by Crippen LogP contribution is 2.33. The molecule has 0 fully saturated rings. The maximum Gasteiger partial charge on any atom is 0.421 e. The second-order valence-corrected chi connectivity index (χ2v) is 8.25. The van der Waals surface area contributed by atoms with Gasteiger partial charge in [0.05, 0.1) is 7.11 Å². The molecule has 30 heavy (non-hydrogen) atoms. The molecule has 2 aromatic rings. The Kier molecular flexibility index (Phi) is 7.61. The van der Waals surface area contributed by atoms with Gasteiger partial charge in [-0.3, -0.25) is 0 Å². The minimum Gasteiger partial charge on any atom is -0.508 e. The average Bonchev–Trinajstić information content (AvgIpc) is 2.66. The molecule has 8 heteroatoms. The number of hydrogen-bond donors (Lipinski definition) is 3. The molecule has 0 aliphatic carbocycles. The summed E-state index contributed by atoms with van der Waals surface area (Å²) in [4.78, 5) is 24.8. The number of rotatable bonds is 7. The molecular weight excluding hydrogens is 406 g/mol. The molecule has 162 valence electrons. The van der Waals surface area contributed by atoms with Crippen molar-refractivity contribution < 1.29 is 29.3 Å². The Balaban J connectivity index is 2.49. The Morgan fingerprint density at radius 2 is 1.70 bits per heavy atom. The summed E-state index contributed by atoms with van der Waals surface area (Å²) in [6.45, 7) is 5.07. The summed E-state index contributed by atoms with van der Waals surface area (Å²) in [6.07, 6.45) is -0.604. The van der Waals surface area contributed by atoms with E-state index in [-0.39, 0.29) is 12.2 Å². The van der Waals surface area contributed by atoms with Crippen LogP contribution in [-0.2, 0) is 16.0 Å². The van der Waals surface area contributed by atoms with Crippen molar-refractivity contribution in [2.45, 2.75) is 44.8 Å². The van der Waals surface area contributed by atoms with Crippen molar-refractivity contribution in [2.24, 2.45) is 0 Å². The zero-order valence-electron chi connectivity index (χ0n) is 17.4. The Labute approximate surface area is 181 Å². The number of carboxylic acids is 1. The number of thiol groups is 1. The summed E-state index contributed by atoms with van der Waals surface area (Å²) in [6, 6.07) is 12.1. The molecule has 2 rings (SSSR count). The van der Waals surface area contributed by atoms with Crippen LogP contribution in [-0.4, -0.2) is 45.3 Å². The fourth-order valence-corrected chi connectivity index (χ4v) is 3.41. The van der Waals surface area contributed by atoms with Crippen LogP contribution in [0.15, 0.2) is 48.5 Å². The second-order valence-electron chi connectivity index (χ2n) is 7.82. The maximum absolute atomic E-state index is 12.6. The summed E-state index contributed by atoms with van der Waals surface area (Å²) < 4.78 is 11.5. The number of benzene rings is 2. The normalized spacial score (nSPS) is 13.2. The van der Waals surface area contributed by atoms with Gasteiger partial charge in [0.1, 0.15) is 17.1 Å². The molecule has 0 aliphatic heterocycles. The predicted octanol–water partition coefficient (Wildman–Crippen LogP) is 4.26. The van der Waals surface area contributed by atoms with Crippen LogP contribution < -0.4 is 4.74 Å². The van der Waals surface area contributed by atoms with Crippen molar-refractivity contribution in [3.63, 3.8) is 0 Å². The molecule has 0 spiro atoms. The third-order valence-corrected chi connectivity index (χ3v) is 4.84. The molecule has 0 saturated carbocycles. The van der Waals surface area contributed by atoms with Gasteiger partial charge in [-0.1, -0.05) is 43.1 Å². The summed E-state index contributed by atoms with van der Waals surface area (Å²) in [5.41, 5.74) is 0.585. The predicted molar refractivity (Wildman–Crippen MR) is 116 cm³/mol. The number of carbonyl (C=O) groups is 2. The van der Waals surface area contributed by atoms with Crippen LogP contribution in [0.1, 0.15) is 37.8 Å². The van der Waals surface area contributed by atoms with Crippen LogP contribution in [0.25, 0.3) is 0 Å². The standard InChI is InChI=1S/C22H27NO6S/c1-22(2,3)29-21(27)23(30)19(20(25)26)17(14-9-11-16(24)12-10-14)13-15-7-5-6-8-18(15)28-4/h5-12,17,19,24,30H,13H2,1-4H3,(H,25,26)/t17?,19-/m0/s1. The SMILES string of the molecule is COc1ccccc1CC(c1ccc(O)cc1)[C@@H](C(=O)O)N(S)C(=O)OC(C)(C)C. The summed E-state index contributed by atoms with van der Waals surface area (Å²) in [7, 11) is 1.54. The Hall–Kier alpha value is -2.87. The number of aromatic hydroxyl groups is 1. The van der Waals surface area contributed by atoms with Gasteiger partial charge in [0.25, 0.3) is 0 Å². The van der Waals surface area contributed by atoms with E-state index in [4.69, 9.17) is 9.47 Å². The first-order chi connectivity index (χ1) is 14.0. The highest BCUT2D eigenvalue weighted by molar-refractivity contribution is 7.78.